The fraction of sp³-hybridized carbons (Fsp3) is 0.250. The zero-order valence-corrected chi connectivity index (χ0v) is 12.6. The van der Waals surface area contributed by atoms with E-state index in [0.717, 1.165) is 17.8 Å². The van der Waals surface area contributed by atoms with Crippen molar-refractivity contribution in [2.24, 2.45) is 0 Å². The van der Waals surface area contributed by atoms with Crippen LogP contribution in [0.1, 0.15) is 30.5 Å². The lowest BCUT2D eigenvalue weighted by molar-refractivity contribution is 0.629. The van der Waals surface area contributed by atoms with Gasteiger partial charge in [0.05, 0.1) is 6.04 Å². The summed E-state index contributed by atoms with van der Waals surface area (Å²) in [5.41, 5.74) is 2.39. The van der Waals surface area contributed by atoms with Gasteiger partial charge in [-0.2, -0.15) is 0 Å². The number of anilines is 1. The molecule has 2 N–H and O–H groups in total. The lowest BCUT2D eigenvalue weighted by Gasteiger charge is -2.19. The molecule has 0 radical (unpaired) electrons. The molecule has 1 aromatic heterocycles. The van der Waals surface area contributed by atoms with Crippen LogP contribution in [0.5, 0.6) is 0 Å². The van der Waals surface area contributed by atoms with E-state index in [0.29, 0.717) is 5.11 Å². The van der Waals surface area contributed by atoms with E-state index in [4.69, 9.17) is 12.2 Å². The van der Waals surface area contributed by atoms with Crippen molar-refractivity contribution in [1.29, 1.82) is 0 Å². The Morgan fingerprint density at radius 1 is 1.25 bits per heavy atom. The first-order valence-electron chi connectivity index (χ1n) is 6.74. The third kappa shape index (κ3) is 4.03. The van der Waals surface area contributed by atoms with Crippen LogP contribution in [0.3, 0.4) is 0 Å². The molecule has 4 heteroatoms. The van der Waals surface area contributed by atoms with Gasteiger partial charge in [-0.15, -0.1) is 0 Å². The minimum Gasteiger partial charge on any atom is -0.356 e. The Morgan fingerprint density at radius 2 is 2.00 bits per heavy atom. The molecule has 0 aliphatic heterocycles. The molecule has 0 amide bonds. The molecule has 20 heavy (non-hydrogen) atoms. The molecule has 0 saturated heterocycles. The average Bonchev–Trinajstić information content (AvgIpc) is 2.45. The molecule has 0 saturated carbocycles. The Balaban J connectivity index is 2.00. The zero-order chi connectivity index (χ0) is 14.4. The van der Waals surface area contributed by atoms with E-state index in [-0.39, 0.29) is 6.04 Å². The standard InChI is InChI=1S/C16H19N3S/c1-3-14(13-7-5-4-6-8-13)18-16(20)19-15-11-12(2)9-10-17-15/h4-11,14H,3H2,1-2H3,(H2,17,18,19,20)/t14-/m0/s1. The van der Waals surface area contributed by atoms with Crippen LogP contribution in [-0.2, 0) is 0 Å². The molecule has 1 atom stereocenters. The number of pyridine rings is 1. The number of hydrogen-bond acceptors (Lipinski definition) is 2. The second-order valence-corrected chi connectivity index (χ2v) is 5.10. The van der Waals surface area contributed by atoms with Crippen LogP contribution in [0.4, 0.5) is 5.82 Å². The molecule has 3 nitrogen and oxygen atoms in total. The van der Waals surface area contributed by atoms with Crippen LogP contribution in [-0.4, -0.2) is 10.1 Å². The van der Waals surface area contributed by atoms with Gasteiger partial charge in [0, 0.05) is 6.20 Å². The fourth-order valence-electron chi connectivity index (χ4n) is 2.02. The highest BCUT2D eigenvalue weighted by Gasteiger charge is 2.10. The Morgan fingerprint density at radius 3 is 2.65 bits per heavy atom. The summed E-state index contributed by atoms with van der Waals surface area (Å²) >= 11 is 5.36. The van der Waals surface area contributed by atoms with E-state index in [1.807, 2.05) is 37.3 Å². The zero-order valence-electron chi connectivity index (χ0n) is 11.8. The number of thiocarbonyl (C=S) groups is 1. The quantitative estimate of drug-likeness (QED) is 0.837. The normalized spacial score (nSPS) is 11.7. The molecule has 0 unspecified atom stereocenters. The number of nitrogens with zero attached hydrogens (tertiary/aromatic N) is 1. The van der Waals surface area contributed by atoms with Crippen molar-refractivity contribution in [3.63, 3.8) is 0 Å². The largest absolute Gasteiger partial charge is 0.356 e. The molecular formula is C16H19N3S. The topological polar surface area (TPSA) is 37.0 Å². The van der Waals surface area contributed by atoms with E-state index in [2.05, 4.69) is 34.7 Å². The number of aromatic nitrogens is 1. The third-order valence-electron chi connectivity index (χ3n) is 3.07. The minimum absolute atomic E-state index is 0.209. The molecule has 104 valence electrons. The predicted molar refractivity (Wildman–Crippen MR) is 87.8 cm³/mol. The summed E-state index contributed by atoms with van der Waals surface area (Å²) in [4.78, 5) is 4.25. The van der Waals surface area contributed by atoms with E-state index < -0.39 is 0 Å². The Kier molecular flexibility index (Phi) is 5.07. The van der Waals surface area contributed by atoms with Crippen molar-refractivity contribution in [2.45, 2.75) is 26.3 Å². The van der Waals surface area contributed by atoms with E-state index in [1.54, 1.807) is 6.20 Å². The first kappa shape index (κ1) is 14.5. The van der Waals surface area contributed by atoms with Gasteiger partial charge in [0.25, 0.3) is 0 Å². The highest BCUT2D eigenvalue weighted by atomic mass is 32.1. The maximum Gasteiger partial charge on any atom is 0.172 e. The minimum atomic E-state index is 0.209. The maximum atomic E-state index is 5.36. The molecular weight excluding hydrogens is 266 g/mol. The molecule has 1 heterocycles. The Hall–Kier alpha value is -1.94. The number of aryl methyl sites for hydroxylation is 1. The highest BCUT2D eigenvalue weighted by molar-refractivity contribution is 7.80. The van der Waals surface area contributed by atoms with Gasteiger partial charge in [-0.25, -0.2) is 4.98 Å². The van der Waals surface area contributed by atoms with E-state index in [1.165, 1.54) is 5.56 Å². The summed E-state index contributed by atoms with van der Waals surface area (Å²) in [6.07, 6.45) is 2.74. The van der Waals surface area contributed by atoms with Gasteiger partial charge < -0.3 is 10.6 Å². The van der Waals surface area contributed by atoms with Crippen molar-refractivity contribution in [1.82, 2.24) is 10.3 Å². The van der Waals surface area contributed by atoms with Gasteiger partial charge in [-0.05, 0) is 48.8 Å². The highest BCUT2D eigenvalue weighted by Crippen LogP contribution is 2.16. The summed E-state index contributed by atoms with van der Waals surface area (Å²) < 4.78 is 0. The van der Waals surface area contributed by atoms with Crippen LogP contribution in [0.25, 0.3) is 0 Å². The van der Waals surface area contributed by atoms with Crippen molar-refractivity contribution >= 4 is 23.1 Å². The maximum absolute atomic E-state index is 5.36. The van der Waals surface area contributed by atoms with Gasteiger partial charge in [0.2, 0.25) is 0 Å². The van der Waals surface area contributed by atoms with E-state index in [9.17, 15) is 0 Å². The van der Waals surface area contributed by atoms with Crippen LogP contribution in [0, 0.1) is 6.92 Å². The fourth-order valence-corrected chi connectivity index (χ4v) is 2.27. The average molecular weight is 285 g/mol. The molecule has 0 fully saturated rings. The third-order valence-corrected chi connectivity index (χ3v) is 3.29. The van der Waals surface area contributed by atoms with Gasteiger partial charge in [-0.3, -0.25) is 0 Å². The summed E-state index contributed by atoms with van der Waals surface area (Å²) in [5, 5.41) is 7.05. The predicted octanol–water partition coefficient (Wildman–Crippen LogP) is 3.83. The summed E-state index contributed by atoms with van der Waals surface area (Å²) in [6.45, 7) is 4.17. The van der Waals surface area contributed by atoms with E-state index >= 15 is 0 Å². The van der Waals surface area contributed by atoms with Crippen molar-refractivity contribution in [3.05, 3.63) is 59.8 Å². The Labute approximate surface area is 125 Å². The van der Waals surface area contributed by atoms with Crippen molar-refractivity contribution in [2.75, 3.05) is 5.32 Å². The second kappa shape index (κ2) is 7.01. The molecule has 1 aromatic carbocycles. The molecule has 2 rings (SSSR count). The number of hydrogen-bond donors (Lipinski definition) is 2. The first-order valence-corrected chi connectivity index (χ1v) is 7.15. The van der Waals surface area contributed by atoms with Gasteiger partial charge >= 0.3 is 0 Å². The summed E-state index contributed by atoms with van der Waals surface area (Å²) in [6, 6.07) is 14.4. The molecule has 0 aliphatic carbocycles. The number of nitrogens with one attached hydrogen (secondary N) is 2. The first-order chi connectivity index (χ1) is 9.69. The monoisotopic (exact) mass is 285 g/mol. The van der Waals surface area contributed by atoms with Crippen LogP contribution in [0.15, 0.2) is 48.7 Å². The number of benzene rings is 1. The van der Waals surface area contributed by atoms with Gasteiger partial charge in [0.1, 0.15) is 5.82 Å². The lowest BCUT2D eigenvalue weighted by atomic mass is 10.1. The second-order valence-electron chi connectivity index (χ2n) is 4.69. The SMILES string of the molecule is CC[C@H](NC(=S)Nc1cc(C)ccn1)c1ccccc1. The summed E-state index contributed by atoms with van der Waals surface area (Å²) in [5.74, 6) is 0.769. The van der Waals surface area contributed by atoms with Crippen molar-refractivity contribution in [3.8, 4) is 0 Å². The lowest BCUT2D eigenvalue weighted by Crippen LogP contribution is -2.32. The number of rotatable bonds is 4. The van der Waals surface area contributed by atoms with Gasteiger partial charge in [-0.1, -0.05) is 37.3 Å². The molecule has 0 bridgehead atoms. The molecule has 0 spiro atoms. The summed E-state index contributed by atoms with van der Waals surface area (Å²) in [7, 11) is 0. The van der Waals surface area contributed by atoms with Crippen molar-refractivity contribution < 1.29 is 0 Å². The smallest absolute Gasteiger partial charge is 0.172 e. The molecule has 0 aliphatic rings. The van der Waals surface area contributed by atoms with Crippen LogP contribution in [0.2, 0.25) is 0 Å². The van der Waals surface area contributed by atoms with Gasteiger partial charge in [0.15, 0.2) is 5.11 Å². The van der Waals surface area contributed by atoms with Crippen LogP contribution < -0.4 is 10.6 Å². The Bertz CT molecular complexity index is 569. The molecule has 2 aromatic rings. The van der Waals surface area contributed by atoms with Crippen LogP contribution >= 0.6 is 12.2 Å².